The highest BCUT2D eigenvalue weighted by Crippen LogP contribution is 2.27. The van der Waals surface area contributed by atoms with E-state index in [4.69, 9.17) is 9.15 Å². The maximum absolute atomic E-state index is 13.0. The fraction of sp³-hybridized carbons (Fsp3) is 0.278. The largest absolute Gasteiger partial charge is 0.467 e. The number of nitrogens with one attached hydrogen (secondary N) is 1. The number of aromatic nitrogens is 1. The molecule has 3 heterocycles. The number of aromatic amines is 1. The van der Waals surface area contributed by atoms with E-state index in [9.17, 15) is 4.79 Å². The summed E-state index contributed by atoms with van der Waals surface area (Å²) in [4.78, 5) is 18.2. The van der Waals surface area contributed by atoms with Crippen LogP contribution in [-0.4, -0.2) is 35.5 Å². The summed E-state index contributed by atoms with van der Waals surface area (Å²) in [5.41, 5.74) is 2.64. The molecule has 0 bridgehead atoms. The summed E-state index contributed by atoms with van der Waals surface area (Å²) < 4.78 is 11.2. The first-order valence-electron chi connectivity index (χ1n) is 7.75. The highest BCUT2D eigenvalue weighted by molar-refractivity contribution is 6.08. The molecule has 1 fully saturated rings. The normalized spacial score (nSPS) is 18.5. The topological polar surface area (TPSA) is 58.5 Å². The van der Waals surface area contributed by atoms with E-state index >= 15 is 0 Å². The maximum Gasteiger partial charge on any atom is 0.256 e. The van der Waals surface area contributed by atoms with Gasteiger partial charge in [-0.3, -0.25) is 4.79 Å². The van der Waals surface area contributed by atoms with E-state index in [1.54, 1.807) is 6.26 Å². The quantitative estimate of drug-likeness (QED) is 0.790. The predicted octanol–water partition coefficient (Wildman–Crippen LogP) is 3.28. The van der Waals surface area contributed by atoms with E-state index < -0.39 is 0 Å². The molecule has 0 aliphatic carbocycles. The van der Waals surface area contributed by atoms with Crippen LogP contribution in [0.15, 0.2) is 47.1 Å². The number of aryl methyl sites for hydroxylation is 1. The van der Waals surface area contributed by atoms with Gasteiger partial charge in [0.05, 0.1) is 25.0 Å². The monoisotopic (exact) mass is 310 g/mol. The van der Waals surface area contributed by atoms with Crippen LogP contribution in [0.3, 0.4) is 0 Å². The van der Waals surface area contributed by atoms with Crippen LogP contribution < -0.4 is 0 Å². The fourth-order valence-corrected chi connectivity index (χ4v) is 3.19. The molecule has 0 spiro atoms. The molecule has 5 nitrogen and oxygen atoms in total. The van der Waals surface area contributed by atoms with Crippen molar-refractivity contribution in [2.45, 2.75) is 13.0 Å². The second-order valence-electron chi connectivity index (χ2n) is 5.80. The van der Waals surface area contributed by atoms with Crippen LogP contribution in [0, 0.1) is 6.92 Å². The molecule has 5 heteroatoms. The lowest BCUT2D eigenvalue weighted by atomic mass is 10.1. The van der Waals surface area contributed by atoms with Gasteiger partial charge in [-0.1, -0.05) is 18.2 Å². The second kappa shape index (κ2) is 5.59. The van der Waals surface area contributed by atoms with Crippen molar-refractivity contribution in [3.05, 3.63) is 59.7 Å². The van der Waals surface area contributed by atoms with E-state index in [-0.39, 0.29) is 12.0 Å². The minimum absolute atomic E-state index is 0.0415. The number of fused-ring (bicyclic) bond motifs is 1. The number of rotatable bonds is 2. The third kappa shape index (κ3) is 2.43. The molecule has 118 valence electrons. The number of carbonyl (C=O) groups excluding carboxylic acids is 1. The van der Waals surface area contributed by atoms with Crippen molar-refractivity contribution in [2.75, 3.05) is 19.7 Å². The van der Waals surface area contributed by atoms with E-state index in [1.165, 1.54) is 0 Å². The Labute approximate surface area is 133 Å². The Balaban J connectivity index is 1.64. The van der Waals surface area contributed by atoms with E-state index in [0.29, 0.717) is 19.7 Å². The molecule has 1 atom stereocenters. The summed E-state index contributed by atoms with van der Waals surface area (Å²) in [7, 11) is 0. The number of furan rings is 1. The number of hydrogen-bond donors (Lipinski definition) is 1. The van der Waals surface area contributed by atoms with Crippen molar-refractivity contribution < 1.29 is 13.9 Å². The minimum Gasteiger partial charge on any atom is -0.467 e. The third-order valence-electron chi connectivity index (χ3n) is 4.32. The lowest BCUT2D eigenvalue weighted by Gasteiger charge is -2.32. The Morgan fingerprint density at radius 2 is 2.13 bits per heavy atom. The summed E-state index contributed by atoms with van der Waals surface area (Å²) in [5, 5.41) is 0.969. The molecule has 23 heavy (non-hydrogen) atoms. The van der Waals surface area contributed by atoms with Crippen molar-refractivity contribution in [2.24, 2.45) is 0 Å². The molecule has 0 radical (unpaired) electrons. The van der Waals surface area contributed by atoms with E-state index in [0.717, 1.165) is 27.9 Å². The van der Waals surface area contributed by atoms with Crippen molar-refractivity contribution in [3.8, 4) is 0 Å². The van der Waals surface area contributed by atoms with Crippen LogP contribution in [0.5, 0.6) is 0 Å². The van der Waals surface area contributed by atoms with E-state index in [1.807, 2.05) is 48.2 Å². The average molecular weight is 310 g/mol. The predicted molar refractivity (Wildman–Crippen MR) is 86.3 cm³/mol. The van der Waals surface area contributed by atoms with E-state index in [2.05, 4.69) is 4.98 Å². The average Bonchev–Trinajstić information content (AvgIpc) is 3.21. The zero-order chi connectivity index (χ0) is 15.8. The fourth-order valence-electron chi connectivity index (χ4n) is 3.19. The Kier molecular flexibility index (Phi) is 3.42. The van der Waals surface area contributed by atoms with Gasteiger partial charge in [-0.05, 0) is 25.1 Å². The van der Waals surface area contributed by atoms with Crippen LogP contribution >= 0.6 is 0 Å². The van der Waals surface area contributed by atoms with Gasteiger partial charge in [0, 0.05) is 23.1 Å². The first-order chi connectivity index (χ1) is 11.2. The molecular formula is C18H18N2O3. The Hall–Kier alpha value is -2.53. The van der Waals surface area contributed by atoms with Gasteiger partial charge < -0.3 is 19.0 Å². The van der Waals surface area contributed by atoms with Gasteiger partial charge in [0.25, 0.3) is 5.91 Å². The molecule has 1 aliphatic rings. The van der Waals surface area contributed by atoms with Crippen LogP contribution in [0.4, 0.5) is 0 Å². The Bertz CT molecular complexity index is 835. The number of carbonyl (C=O) groups is 1. The summed E-state index contributed by atoms with van der Waals surface area (Å²) in [6, 6.07) is 11.6. The van der Waals surface area contributed by atoms with Gasteiger partial charge in [0.15, 0.2) is 0 Å². The van der Waals surface area contributed by atoms with Gasteiger partial charge in [-0.15, -0.1) is 0 Å². The Morgan fingerprint density at radius 1 is 1.26 bits per heavy atom. The van der Waals surface area contributed by atoms with Crippen LogP contribution in [-0.2, 0) is 4.74 Å². The van der Waals surface area contributed by atoms with Crippen molar-refractivity contribution in [3.63, 3.8) is 0 Å². The summed E-state index contributed by atoms with van der Waals surface area (Å²) >= 11 is 0. The number of para-hydroxylation sites is 1. The summed E-state index contributed by atoms with van der Waals surface area (Å²) in [5.74, 6) is 0.804. The standard InChI is InChI=1S/C18H18N2O3/c1-12-17(13-5-2-3-6-14(13)19-12)18(21)20-8-10-23-16(11-20)15-7-4-9-22-15/h2-7,9,16,19H,8,10-11H2,1H3/t16-/m0/s1. The second-order valence-corrected chi connectivity index (χ2v) is 5.80. The van der Waals surface area contributed by atoms with Crippen molar-refractivity contribution in [1.29, 1.82) is 0 Å². The highest BCUT2D eigenvalue weighted by Gasteiger charge is 2.29. The number of hydrogen-bond acceptors (Lipinski definition) is 3. The molecule has 4 rings (SSSR count). The zero-order valence-electron chi connectivity index (χ0n) is 12.9. The number of amides is 1. The molecule has 1 N–H and O–H groups in total. The first kappa shape index (κ1) is 14.1. The molecule has 1 saturated heterocycles. The molecule has 1 aliphatic heterocycles. The van der Waals surface area contributed by atoms with Gasteiger partial charge in [0.1, 0.15) is 11.9 Å². The van der Waals surface area contributed by atoms with Crippen molar-refractivity contribution >= 4 is 16.8 Å². The van der Waals surface area contributed by atoms with Crippen LogP contribution in [0.1, 0.15) is 27.9 Å². The Morgan fingerprint density at radius 3 is 2.96 bits per heavy atom. The third-order valence-corrected chi connectivity index (χ3v) is 4.32. The highest BCUT2D eigenvalue weighted by atomic mass is 16.5. The lowest BCUT2D eigenvalue weighted by Crippen LogP contribution is -2.42. The molecule has 1 aromatic carbocycles. The number of benzene rings is 1. The maximum atomic E-state index is 13.0. The molecule has 2 aromatic heterocycles. The molecule has 1 amide bonds. The minimum atomic E-state index is -0.201. The molecular weight excluding hydrogens is 292 g/mol. The van der Waals surface area contributed by atoms with Gasteiger partial charge in [-0.2, -0.15) is 0 Å². The van der Waals surface area contributed by atoms with Crippen LogP contribution in [0.2, 0.25) is 0 Å². The number of nitrogens with zero attached hydrogens (tertiary/aromatic N) is 1. The SMILES string of the molecule is Cc1[nH]c2ccccc2c1C(=O)N1CCO[C@H](c2ccco2)C1. The number of morpholine rings is 1. The molecule has 0 saturated carbocycles. The molecule has 0 unspecified atom stereocenters. The van der Waals surface area contributed by atoms with Gasteiger partial charge >= 0.3 is 0 Å². The van der Waals surface area contributed by atoms with Crippen molar-refractivity contribution in [1.82, 2.24) is 9.88 Å². The van der Waals surface area contributed by atoms with Gasteiger partial charge in [-0.25, -0.2) is 0 Å². The lowest BCUT2D eigenvalue weighted by molar-refractivity contribution is -0.0320. The number of ether oxygens (including phenoxy) is 1. The number of H-pyrrole nitrogens is 1. The summed E-state index contributed by atoms with van der Waals surface area (Å²) in [6.07, 6.45) is 1.43. The zero-order valence-corrected chi connectivity index (χ0v) is 12.9. The summed E-state index contributed by atoms with van der Waals surface area (Å²) in [6.45, 7) is 3.55. The molecule has 3 aromatic rings. The van der Waals surface area contributed by atoms with Gasteiger partial charge in [0.2, 0.25) is 0 Å². The smallest absolute Gasteiger partial charge is 0.256 e. The first-order valence-corrected chi connectivity index (χ1v) is 7.75. The van der Waals surface area contributed by atoms with Crippen LogP contribution in [0.25, 0.3) is 10.9 Å².